The molecule has 0 aromatic heterocycles. The Morgan fingerprint density at radius 2 is 1.64 bits per heavy atom. The molecule has 70 valence electrons. The highest BCUT2D eigenvalue weighted by Crippen LogP contribution is 1.93. The number of hydrogen-bond acceptors (Lipinski definition) is 2. The average Bonchev–Trinajstić information content (AvgIpc) is 1.79. The topological polar surface area (TPSA) is 18.5 Å². The quantitative estimate of drug-likeness (QED) is 0.457. The molecule has 0 rings (SSSR count). The fourth-order valence-electron chi connectivity index (χ4n) is 0.468. The van der Waals surface area contributed by atoms with Crippen molar-refractivity contribution in [1.82, 2.24) is 0 Å². The zero-order valence-corrected chi connectivity index (χ0v) is 7.39. The largest absolute Gasteiger partial charge is 0.355 e. The molecule has 0 unspecified atom stereocenters. The molecule has 0 atom stereocenters. The van der Waals surface area contributed by atoms with Gasteiger partial charge >= 0.3 is 0 Å². The van der Waals surface area contributed by atoms with Crippen molar-refractivity contribution in [1.29, 1.82) is 0 Å². The summed E-state index contributed by atoms with van der Waals surface area (Å²) in [5.74, 6) is 0.593. The van der Waals surface area contributed by atoms with Gasteiger partial charge in [0, 0.05) is 0 Å². The van der Waals surface area contributed by atoms with E-state index in [-0.39, 0.29) is 13.5 Å². The van der Waals surface area contributed by atoms with Crippen LogP contribution in [-0.2, 0) is 9.47 Å². The Balaban J connectivity index is 0. The Hall–Kier alpha value is -0.0800. The normalized spacial score (nSPS) is 10.4. The van der Waals surface area contributed by atoms with Crippen LogP contribution in [0.4, 0.5) is 0 Å². The molecule has 0 aromatic carbocycles. The van der Waals surface area contributed by atoms with Gasteiger partial charge in [-0.05, 0) is 19.8 Å². The molecular formula is C9H22O2. The summed E-state index contributed by atoms with van der Waals surface area (Å²) in [6.07, 6.45) is 0.271. The van der Waals surface area contributed by atoms with Crippen molar-refractivity contribution in [2.24, 2.45) is 5.92 Å². The smallest absolute Gasteiger partial charge is 0.147 e. The molecular weight excluding hydrogens is 140 g/mol. The predicted octanol–water partition coefficient (Wildman–Crippen LogP) is 2.68. The third-order valence-electron chi connectivity index (χ3n) is 0.936. The first-order valence-corrected chi connectivity index (χ1v) is 3.82. The average molecular weight is 162 g/mol. The molecule has 0 bridgehead atoms. The van der Waals surface area contributed by atoms with Gasteiger partial charge in [-0.25, -0.2) is 0 Å². The predicted molar refractivity (Wildman–Crippen MR) is 48.6 cm³/mol. The molecule has 0 saturated carbocycles. The molecule has 0 N–H and O–H groups in total. The van der Waals surface area contributed by atoms with Gasteiger partial charge in [-0.3, -0.25) is 0 Å². The van der Waals surface area contributed by atoms with Crippen LogP contribution in [-0.4, -0.2) is 19.5 Å². The zero-order chi connectivity index (χ0) is 7.98. The molecule has 0 fully saturated rings. The summed E-state index contributed by atoms with van der Waals surface area (Å²) in [7, 11) is 0. The minimum atomic E-state index is 0. The highest BCUT2D eigenvalue weighted by atomic mass is 16.7. The maximum atomic E-state index is 5.18. The molecule has 0 amide bonds. The van der Waals surface area contributed by atoms with Crippen molar-refractivity contribution < 1.29 is 9.47 Å². The minimum absolute atomic E-state index is 0. The van der Waals surface area contributed by atoms with Crippen LogP contribution in [0.3, 0.4) is 0 Å². The fraction of sp³-hybridized carbons (Fsp3) is 1.00. The Kier molecular flexibility index (Phi) is 9.85. The summed E-state index contributed by atoms with van der Waals surface area (Å²) in [6.45, 7) is 9.45. The van der Waals surface area contributed by atoms with Crippen LogP contribution in [0.5, 0.6) is 0 Å². The van der Waals surface area contributed by atoms with E-state index in [0.717, 1.165) is 6.61 Å². The van der Waals surface area contributed by atoms with E-state index < -0.39 is 0 Å². The van der Waals surface area contributed by atoms with Crippen molar-refractivity contribution in [2.45, 2.75) is 41.2 Å². The SMILES string of the molecule is C.CC(C)COCOC(C)C. The lowest BCUT2D eigenvalue weighted by Gasteiger charge is -2.09. The van der Waals surface area contributed by atoms with Gasteiger partial charge < -0.3 is 9.47 Å². The summed E-state index contributed by atoms with van der Waals surface area (Å²) in [4.78, 5) is 0. The molecule has 2 nitrogen and oxygen atoms in total. The van der Waals surface area contributed by atoms with Gasteiger partial charge in [0.1, 0.15) is 6.79 Å². The minimum Gasteiger partial charge on any atom is -0.355 e. The van der Waals surface area contributed by atoms with Crippen LogP contribution >= 0.6 is 0 Å². The van der Waals surface area contributed by atoms with E-state index in [0.29, 0.717) is 12.7 Å². The van der Waals surface area contributed by atoms with Crippen LogP contribution in [0, 0.1) is 5.92 Å². The van der Waals surface area contributed by atoms with E-state index in [1.165, 1.54) is 0 Å². The van der Waals surface area contributed by atoms with Gasteiger partial charge in [-0.15, -0.1) is 0 Å². The zero-order valence-electron chi connectivity index (χ0n) is 7.39. The third-order valence-corrected chi connectivity index (χ3v) is 0.936. The summed E-state index contributed by atoms with van der Waals surface area (Å²) in [6, 6.07) is 0. The molecule has 2 heteroatoms. The lowest BCUT2D eigenvalue weighted by Crippen LogP contribution is -2.10. The lowest BCUT2D eigenvalue weighted by molar-refractivity contribution is -0.0847. The highest BCUT2D eigenvalue weighted by molar-refractivity contribution is 4.37. The summed E-state index contributed by atoms with van der Waals surface area (Å²) in [5.41, 5.74) is 0. The molecule has 0 aliphatic heterocycles. The molecule has 0 aromatic rings. The van der Waals surface area contributed by atoms with Gasteiger partial charge in [0.05, 0.1) is 12.7 Å². The van der Waals surface area contributed by atoms with Crippen molar-refractivity contribution in [3.05, 3.63) is 0 Å². The first-order valence-electron chi connectivity index (χ1n) is 3.82. The molecule has 0 aliphatic rings. The van der Waals surface area contributed by atoms with Crippen LogP contribution in [0.25, 0.3) is 0 Å². The molecule has 11 heavy (non-hydrogen) atoms. The number of ether oxygens (including phenoxy) is 2. The standard InChI is InChI=1S/C8H18O2.CH4/c1-7(2)5-9-6-10-8(3)4;/h7-8H,5-6H2,1-4H3;1H4. The first kappa shape index (κ1) is 13.5. The van der Waals surface area contributed by atoms with E-state index in [4.69, 9.17) is 9.47 Å². The van der Waals surface area contributed by atoms with Crippen molar-refractivity contribution in [3.63, 3.8) is 0 Å². The molecule has 0 radical (unpaired) electrons. The van der Waals surface area contributed by atoms with Crippen molar-refractivity contribution >= 4 is 0 Å². The Labute approximate surface area is 70.9 Å². The molecule has 0 heterocycles. The van der Waals surface area contributed by atoms with Gasteiger partial charge in [-0.1, -0.05) is 21.3 Å². The van der Waals surface area contributed by atoms with Crippen LogP contribution in [0.2, 0.25) is 0 Å². The number of rotatable bonds is 5. The monoisotopic (exact) mass is 162 g/mol. The van der Waals surface area contributed by atoms with Crippen molar-refractivity contribution in [2.75, 3.05) is 13.4 Å². The van der Waals surface area contributed by atoms with Gasteiger partial charge in [0.2, 0.25) is 0 Å². The van der Waals surface area contributed by atoms with Crippen LogP contribution in [0.15, 0.2) is 0 Å². The maximum absolute atomic E-state index is 5.18. The maximum Gasteiger partial charge on any atom is 0.147 e. The van der Waals surface area contributed by atoms with Crippen molar-refractivity contribution in [3.8, 4) is 0 Å². The summed E-state index contributed by atoms with van der Waals surface area (Å²) in [5, 5.41) is 0. The summed E-state index contributed by atoms with van der Waals surface area (Å²) >= 11 is 0. The Morgan fingerprint density at radius 3 is 2.00 bits per heavy atom. The second-order valence-corrected chi connectivity index (χ2v) is 3.10. The third kappa shape index (κ3) is 13.0. The van der Waals surface area contributed by atoms with Crippen LogP contribution in [0.1, 0.15) is 35.1 Å². The van der Waals surface area contributed by atoms with Crippen LogP contribution < -0.4 is 0 Å². The van der Waals surface area contributed by atoms with Gasteiger partial charge in [-0.2, -0.15) is 0 Å². The molecule has 0 spiro atoms. The molecule has 0 saturated heterocycles. The van der Waals surface area contributed by atoms with Gasteiger partial charge in [0.25, 0.3) is 0 Å². The van der Waals surface area contributed by atoms with E-state index >= 15 is 0 Å². The van der Waals surface area contributed by atoms with E-state index in [2.05, 4.69) is 13.8 Å². The van der Waals surface area contributed by atoms with E-state index in [1.54, 1.807) is 0 Å². The van der Waals surface area contributed by atoms with E-state index in [9.17, 15) is 0 Å². The second kappa shape index (κ2) is 8.02. The Bertz CT molecular complexity index is 60.0. The first-order chi connectivity index (χ1) is 4.63. The number of hydrogen-bond donors (Lipinski definition) is 0. The fourth-order valence-corrected chi connectivity index (χ4v) is 0.468. The lowest BCUT2D eigenvalue weighted by atomic mass is 10.2. The second-order valence-electron chi connectivity index (χ2n) is 3.10. The Morgan fingerprint density at radius 1 is 1.09 bits per heavy atom. The van der Waals surface area contributed by atoms with E-state index in [1.807, 2.05) is 13.8 Å². The molecule has 0 aliphatic carbocycles. The highest BCUT2D eigenvalue weighted by Gasteiger charge is 1.94. The summed E-state index contributed by atoms with van der Waals surface area (Å²) < 4.78 is 10.4. The van der Waals surface area contributed by atoms with Gasteiger partial charge in [0.15, 0.2) is 0 Å².